The van der Waals surface area contributed by atoms with Crippen LogP contribution in [0.1, 0.15) is 29.8 Å². The summed E-state index contributed by atoms with van der Waals surface area (Å²) in [5.74, 6) is -0.999. The van der Waals surface area contributed by atoms with E-state index in [1.165, 1.54) is 6.07 Å². The first-order chi connectivity index (χ1) is 8.34. The summed E-state index contributed by atoms with van der Waals surface area (Å²) < 4.78 is 0. The zero-order valence-electron chi connectivity index (χ0n) is 11.0. The van der Waals surface area contributed by atoms with Gasteiger partial charge in [0.1, 0.15) is 0 Å². The Hall–Kier alpha value is -2.04. The third-order valence-electron chi connectivity index (χ3n) is 2.90. The van der Waals surface area contributed by atoms with Gasteiger partial charge in [-0.15, -0.1) is 0 Å². The van der Waals surface area contributed by atoms with Crippen LogP contribution in [-0.2, 0) is 0 Å². The van der Waals surface area contributed by atoms with E-state index in [9.17, 15) is 9.59 Å². The van der Waals surface area contributed by atoms with Gasteiger partial charge in [0, 0.05) is 18.8 Å². The molecule has 0 aliphatic heterocycles. The van der Waals surface area contributed by atoms with Gasteiger partial charge in [0.2, 0.25) is 0 Å². The highest BCUT2D eigenvalue weighted by Crippen LogP contribution is 2.19. The van der Waals surface area contributed by atoms with Gasteiger partial charge in [0.15, 0.2) is 0 Å². The van der Waals surface area contributed by atoms with E-state index >= 15 is 0 Å². The monoisotopic (exact) mass is 250 g/mol. The number of amides is 2. The molecule has 0 spiro atoms. The Morgan fingerprint density at radius 3 is 2.44 bits per heavy atom. The van der Waals surface area contributed by atoms with Crippen LogP contribution >= 0.6 is 0 Å². The van der Waals surface area contributed by atoms with Gasteiger partial charge in [-0.2, -0.15) is 0 Å². The van der Waals surface area contributed by atoms with Gasteiger partial charge < -0.3 is 15.3 Å². The fraction of sp³-hybridized carbons (Fsp3) is 0.385. The highest BCUT2D eigenvalue weighted by atomic mass is 16.4. The number of urea groups is 1. The minimum Gasteiger partial charge on any atom is -0.478 e. The second-order valence-corrected chi connectivity index (χ2v) is 4.42. The van der Waals surface area contributed by atoms with Crippen molar-refractivity contribution in [3.63, 3.8) is 0 Å². The number of aromatic carboxylic acids is 1. The lowest BCUT2D eigenvalue weighted by Crippen LogP contribution is -2.36. The first kappa shape index (κ1) is 14.0. The Morgan fingerprint density at radius 2 is 1.94 bits per heavy atom. The molecule has 0 unspecified atom stereocenters. The van der Waals surface area contributed by atoms with E-state index in [0.717, 1.165) is 0 Å². The lowest BCUT2D eigenvalue weighted by molar-refractivity contribution is 0.0696. The number of hydrogen-bond acceptors (Lipinski definition) is 2. The summed E-state index contributed by atoms with van der Waals surface area (Å²) in [6.45, 7) is 5.48. The van der Waals surface area contributed by atoms with Gasteiger partial charge in [-0.1, -0.05) is 6.07 Å². The van der Waals surface area contributed by atoms with Crippen LogP contribution in [-0.4, -0.2) is 35.1 Å². The predicted molar refractivity (Wildman–Crippen MR) is 70.1 cm³/mol. The van der Waals surface area contributed by atoms with E-state index in [-0.39, 0.29) is 17.6 Å². The van der Waals surface area contributed by atoms with E-state index in [2.05, 4.69) is 5.32 Å². The summed E-state index contributed by atoms with van der Waals surface area (Å²) in [7, 11) is 1.69. The second kappa shape index (κ2) is 5.53. The molecule has 0 heterocycles. The van der Waals surface area contributed by atoms with Crippen molar-refractivity contribution in [1.82, 2.24) is 4.90 Å². The molecule has 0 aliphatic rings. The van der Waals surface area contributed by atoms with Crippen molar-refractivity contribution in [2.45, 2.75) is 26.8 Å². The summed E-state index contributed by atoms with van der Waals surface area (Å²) in [4.78, 5) is 24.4. The van der Waals surface area contributed by atoms with Crippen molar-refractivity contribution in [2.24, 2.45) is 0 Å². The van der Waals surface area contributed by atoms with Gasteiger partial charge in [-0.25, -0.2) is 9.59 Å². The third kappa shape index (κ3) is 3.00. The Kier molecular flexibility index (Phi) is 4.31. The minimum absolute atomic E-state index is 0.0768. The van der Waals surface area contributed by atoms with Gasteiger partial charge in [0.25, 0.3) is 0 Å². The van der Waals surface area contributed by atoms with Gasteiger partial charge in [-0.05, 0) is 38.5 Å². The molecule has 5 heteroatoms. The first-order valence-corrected chi connectivity index (χ1v) is 5.71. The molecule has 5 nitrogen and oxygen atoms in total. The van der Waals surface area contributed by atoms with E-state index in [4.69, 9.17) is 5.11 Å². The Morgan fingerprint density at radius 1 is 1.33 bits per heavy atom. The lowest BCUT2D eigenvalue weighted by atomic mass is 10.1. The average molecular weight is 250 g/mol. The molecule has 0 atom stereocenters. The van der Waals surface area contributed by atoms with Crippen LogP contribution in [0.15, 0.2) is 18.2 Å². The zero-order chi connectivity index (χ0) is 13.9. The van der Waals surface area contributed by atoms with E-state index < -0.39 is 5.97 Å². The van der Waals surface area contributed by atoms with Crippen LogP contribution in [0, 0.1) is 6.92 Å². The number of carbonyl (C=O) groups excluding carboxylic acids is 1. The molecule has 2 N–H and O–H groups in total. The van der Waals surface area contributed by atoms with Crippen LogP contribution in [0.4, 0.5) is 10.5 Å². The molecule has 1 aromatic rings. The molecular weight excluding hydrogens is 232 g/mol. The standard InChI is InChI=1S/C13H18N2O3/c1-8(2)15(4)13(18)14-11-7-5-6-10(9(11)3)12(16)17/h5-8H,1-4H3,(H,14,18)(H,16,17). The predicted octanol–water partition coefficient (Wildman–Crippen LogP) is 2.57. The summed E-state index contributed by atoms with van der Waals surface area (Å²) >= 11 is 0. The van der Waals surface area contributed by atoms with Crippen LogP contribution in [0.2, 0.25) is 0 Å². The number of carbonyl (C=O) groups is 2. The smallest absolute Gasteiger partial charge is 0.336 e. The van der Waals surface area contributed by atoms with Crippen LogP contribution in [0.25, 0.3) is 0 Å². The van der Waals surface area contributed by atoms with E-state index in [1.807, 2.05) is 13.8 Å². The molecular formula is C13H18N2O3. The summed E-state index contributed by atoms with van der Waals surface area (Å²) in [5, 5.41) is 11.7. The van der Waals surface area contributed by atoms with Crippen molar-refractivity contribution in [2.75, 3.05) is 12.4 Å². The topological polar surface area (TPSA) is 69.6 Å². The first-order valence-electron chi connectivity index (χ1n) is 5.71. The van der Waals surface area contributed by atoms with Crippen LogP contribution in [0.3, 0.4) is 0 Å². The number of carboxylic acids is 1. The fourth-order valence-corrected chi connectivity index (χ4v) is 1.44. The molecule has 0 aliphatic carbocycles. The number of carboxylic acid groups (broad SMARTS) is 1. The highest BCUT2D eigenvalue weighted by Gasteiger charge is 2.15. The van der Waals surface area contributed by atoms with Crippen molar-refractivity contribution >= 4 is 17.7 Å². The summed E-state index contributed by atoms with van der Waals surface area (Å²) in [6, 6.07) is 4.64. The van der Waals surface area contributed by atoms with Crippen molar-refractivity contribution in [3.05, 3.63) is 29.3 Å². The minimum atomic E-state index is -0.999. The number of nitrogens with zero attached hydrogens (tertiary/aromatic N) is 1. The molecule has 1 aromatic carbocycles. The maximum absolute atomic E-state index is 11.9. The molecule has 0 saturated carbocycles. The molecule has 1 rings (SSSR count). The van der Waals surface area contributed by atoms with Gasteiger partial charge in [-0.3, -0.25) is 0 Å². The van der Waals surface area contributed by atoms with Crippen LogP contribution < -0.4 is 5.32 Å². The number of benzene rings is 1. The normalized spacial score (nSPS) is 10.3. The quantitative estimate of drug-likeness (QED) is 0.866. The van der Waals surface area contributed by atoms with E-state index in [0.29, 0.717) is 11.3 Å². The molecule has 98 valence electrons. The average Bonchev–Trinajstić information content (AvgIpc) is 2.30. The van der Waals surface area contributed by atoms with Gasteiger partial charge in [0.05, 0.1) is 5.56 Å². The molecule has 0 fully saturated rings. The third-order valence-corrected chi connectivity index (χ3v) is 2.90. The SMILES string of the molecule is Cc1c(NC(=O)N(C)C(C)C)cccc1C(=O)O. The number of hydrogen-bond donors (Lipinski definition) is 2. The highest BCUT2D eigenvalue weighted by molar-refractivity contribution is 5.95. The number of rotatable bonds is 3. The van der Waals surface area contributed by atoms with Crippen molar-refractivity contribution in [3.8, 4) is 0 Å². The van der Waals surface area contributed by atoms with E-state index in [1.54, 1.807) is 31.0 Å². The fourth-order valence-electron chi connectivity index (χ4n) is 1.44. The molecule has 0 bridgehead atoms. The van der Waals surface area contributed by atoms with Crippen LogP contribution in [0.5, 0.6) is 0 Å². The largest absolute Gasteiger partial charge is 0.478 e. The molecule has 0 radical (unpaired) electrons. The number of anilines is 1. The Bertz CT molecular complexity index is 469. The maximum atomic E-state index is 11.9. The summed E-state index contributed by atoms with van der Waals surface area (Å²) in [6.07, 6.45) is 0. The van der Waals surface area contributed by atoms with Gasteiger partial charge >= 0.3 is 12.0 Å². The molecule has 0 saturated heterocycles. The Balaban J connectivity index is 2.96. The molecule has 2 amide bonds. The van der Waals surface area contributed by atoms with Crippen molar-refractivity contribution in [1.29, 1.82) is 0 Å². The zero-order valence-corrected chi connectivity index (χ0v) is 11.0. The van der Waals surface area contributed by atoms with Crippen molar-refractivity contribution < 1.29 is 14.7 Å². The second-order valence-electron chi connectivity index (χ2n) is 4.42. The lowest BCUT2D eigenvalue weighted by Gasteiger charge is -2.22. The molecule has 18 heavy (non-hydrogen) atoms. The molecule has 0 aromatic heterocycles. The summed E-state index contributed by atoms with van der Waals surface area (Å²) in [5.41, 5.74) is 1.27. The number of nitrogens with one attached hydrogen (secondary N) is 1. The Labute approximate surface area is 106 Å². The maximum Gasteiger partial charge on any atom is 0.336 e.